The van der Waals surface area contributed by atoms with Crippen LogP contribution < -0.4 is 10.5 Å². The third-order valence-corrected chi connectivity index (χ3v) is 2.56. The van der Waals surface area contributed by atoms with Crippen LogP contribution in [0.25, 0.3) is 0 Å². The second-order valence-corrected chi connectivity index (χ2v) is 4.22. The number of aromatic nitrogens is 3. The Bertz CT molecular complexity index is 553. The molecule has 0 aromatic carbocycles. The molecular weight excluding hydrogens is 248 g/mol. The highest BCUT2D eigenvalue weighted by Crippen LogP contribution is 2.23. The van der Waals surface area contributed by atoms with E-state index in [1.807, 2.05) is 10.9 Å². The van der Waals surface area contributed by atoms with Crippen molar-refractivity contribution in [1.82, 2.24) is 14.8 Å². The Hall–Kier alpha value is -1.95. The molecule has 0 amide bonds. The number of hydrogen-bond donors (Lipinski definition) is 1. The van der Waals surface area contributed by atoms with E-state index in [1.54, 1.807) is 24.7 Å². The summed E-state index contributed by atoms with van der Waals surface area (Å²) < 4.78 is 7.51. The minimum atomic E-state index is 0.286. The lowest BCUT2D eigenvalue weighted by Crippen LogP contribution is -2.10. The topological polar surface area (TPSA) is 66.0 Å². The van der Waals surface area contributed by atoms with Gasteiger partial charge >= 0.3 is 0 Å². The van der Waals surface area contributed by atoms with E-state index in [0.717, 1.165) is 13.0 Å². The zero-order valence-corrected chi connectivity index (χ0v) is 10.9. The maximum Gasteiger partial charge on any atom is 0.165 e. The van der Waals surface area contributed by atoms with Gasteiger partial charge in [0.15, 0.2) is 11.5 Å². The van der Waals surface area contributed by atoms with Crippen LogP contribution in [0.5, 0.6) is 11.5 Å². The largest absolute Gasteiger partial charge is 0.452 e. The van der Waals surface area contributed by atoms with Crippen LogP contribution in [0.1, 0.15) is 18.9 Å². The Morgan fingerprint density at radius 3 is 3.06 bits per heavy atom. The summed E-state index contributed by atoms with van der Waals surface area (Å²) in [7, 11) is 0. The summed E-state index contributed by atoms with van der Waals surface area (Å²) in [5.41, 5.74) is 6.29. The third-order valence-electron chi connectivity index (χ3n) is 2.34. The van der Waals surface area contributed by atoms with E-state index in [-0.39, 0.29) is 4.99 Å². The van der Waals surface area contributed by atoms with E-state index in [0.29, 0.717) is 17.1 Å². The van der Waals surface area contributed by atoms with Crippen molar-refractivity contribution >= 4 is 17.2 Å². The Morgan fingerprint density at radius 1 is 1.50 bits per heavy atom. The molecule has 0 aliphatic rings. The van der Waals surface area contributed by atoms with Crippen molar-refractivity contribution in [3.8, 4) is 11.5 Å². The smallest absolute Gasteiger partial charge is 0.165 e. The minimum absolute atomic E-state index is 0.286. The van der Waals surface area contributed by atoms with Crippen molar-refractivity contribution in [3.05, 3.63) is 36.4 Å². The summed E-state index contributed by atoms with van der Waals surface area (Å²) in [4.78, 5) is 4.29. The number of ether oxygens (including phenoxy) is 1. The van der Waals surface area contributed by atoms with E-state index in [9.17, 15) is 0 Å². The fourth-order valence-corrected chi connectivity index (χ4v) is 1.71. The van der Waals surface area contributed by atoms with Gasteiger partial charge in [-0.1, -0.05) is 19.1 Å². The normalized spacial score (nSPS) is 10.3. The van der Waals surface area contributed by atoms with Gasteiger partial charge < -0.3 is 10.5 Å². The maximum absolute atomic E-state index is 5.68. The summed E-state index contributed by atoms with van der Waals surface area (Å²) in [6, 6.07) is 1.73. The Kier molecular flexibility index (Phi) is 3.88. The predicted molar refractivity (Wildman–Crippen MR) is 72.7 cm³/mol. The fourth-order valence-electron chi connectivity index (χ4n) is 1.54. The van der Waals surface area contributed by atoms with Crippen LogP contribution in [-0.4, -0.2) is 19.8 Å². The molecule has 2 heterocycles. The average molecular weight is 262 g/mol. The second kappa shape index (κ2) is 5.59. The molecule has 0 spiro atoms. The number of nitrogens with zero attached hydrogens (tertiary/aromatic N) is 3. The Morgan fingerprint density at radius 2 is 2.33 bits per heavy atom. The lowest BCUT2D eigenvalue weighted by molar-refractivity contribution is 0.477. The van der Waals surface area contributed by atoms with Gasteiger partial charge in [0.05, 0.1) is 24.2 Å². The first-order valence-corrected chi connectivity index (χ1v) is 6.05. The van der Waals surface area contributed by atoms with Crippen LogP contribution in [0.4, 0.5) is 0 Å². The van der Waals surface area contributed by atoms with Crippen LogP contribution in [0.2, 0.25) is 0 Å². The zero-order valence-electron chi connectivity index (χ0n) is 10.0. The number of aryl methyl sites for hydroxylation is 1. The second-order valence-electron chi connectivity index (χ2n) is 3.78. The first kappa shape index (κ1) is 12.5. The van der Waals surface area contributed by atoms with E-state index >= 15 is 0 Å². The molecule has 0 radical (unpaired) electrons. The van der Waals surface area contributed by atoms with Gasteiger partial charge in [0, 0.05) is 12.7 Å². The average Bonchev–Trinajstić information content (AvgIpc) is 2.77. The van der Waals surface area contributed by atoms with Crippen molar-refractivity contribution in [2.75, 3.05) is 0 Å². The van der Waals surface area contributed by atoms with Crippen LogP contribution in [-0.2, 0) is 6.54 Å². The third kappa shape index (κ3) is 2.84. The van der Waals surface area contributed by atoms with Gasteiger partial charge in [-0.25, -0.2) is 0 Å². The molecule has 0 aliphatic heterocycles. The molecule has 2 aromatic heterocycles. The molecule has 2 aromatic rings. The van der Waals surface area contributed by atoms with Crippen LogP contribution in [0, 0.1) is 0 Å². The minimum Gasteiger partial charge on any atom is -0.452 e. The highest BCUT2D eigenvalue weighted by atomic mass is 32.1. The lowest BCUT2D eigenvalue weighted by Gasteiger charge is -2.07. The molecule has 0 unspecified atom stereocenters. The van der Waals surface area contributed by atoms with Crippen LogP contribution >= 0.6 is 12.2 Å². The van der Waals surface area contributed by atoms with Gasteiger partial charge in [-0.3, -0.25) is 9.67 Å². The zero-order chi connectivity index (χ0) is 13.0. The number of hydrogen-bond acceptors (Lipinski definition) is 4. The first-order chi connectivity index (χ1) is 8.70. The summed E-state index contributed by atoms with van der Waals surface area (Å²) in [6.45, 7) is 2.95. The molecule has 0 saturated heterocycles. The van der Waals surface area contributed by atoms with Crippen molar-refractivity contribution in [3.63, 3.8) is 0 Å². The van der Waals surface area contributed by atoms with Gasteiger partial charge in [-0.15, -0.1) is 0 Å². The van der Waals surface area contributed by atoms with Gasteiger partial charge in [-0.2, -0.15) is 5.10 Å². The fraction of sp³-hybridized carbons (Fsp3) is 0.250. The van der Waals surface area contributed by atoms with Crippen molar-refractivity contribution in [1.29, 1.82) is 0 Å². The van der Waals surface area contributed by atoms with Gasteiger partial charge in [0.1, 0.15) is 4.99 Å². The number of thiocarbonyl (C=S) groups is 1. The number of pyridine rings is 1. The predicted octanol–water partition coefficient (Wildman–Crippen LogP) is 2.11. The molecule has 94 valence electrons. The number of rotatable bonds is 5. The summed E-state index contributed by atoms with van der Waals surface area (Å²) in [5.74, 6) is 1.19. The summed E-state index contributed by atoms with van der Waals surface area (Å²) >= 11 is 4.96. The molecule has 0 bridgehead atoms. The van der Waals surface area contributed by atoms with Crippen molar-refractivity contribution in [2.24, 2.45) is 5.73 Å². The van der Waals surface area contributed by atoms with Crippen molar-refractivity contribution < 1.29 is 4.74 Å². The molecule has 2 N–H and O–H groups in total. The van der Waals surface area contributed by atoms with Crippen LogP contribution in [0.15, 0.2) is 30.9 Å². The van der Waals surface area contributed by atoms with Gasteiger partial charge in [0.25, 0.3) is 0 Å². The highest BCUT2D eigenvalue weighted by molar-refractivity contribution is 7.80. The lowest BCUT2D eigenvalue weighted by atomic mass is 10.2. The Labute approximate surface area is 111 Å². The summed E-state index contributed by atoms with van der Waals surface area (Å²) in [5, 5.41) is 4.18. The standard InChI is InChI=1S/C12H14N4OS/c1-2-5-16-8-9(6-15-16)17-11-7-14-4-3-10(11)12(13)18/h3-4,6-8H,2,5H2,1H3,(H2,13,18). The first-order valence-electron chi connectivity index (χ1n) is 5.65. The molecule has 2 rings (SSSR count). The van der Waals surface area contributed by atoms with E-state index in [4.69, 9.17) is 22.7 Å². The molecule has 5 nitrogen and oxygen atoms in total. The molecular formula is C12H14N4OS. The van der Waals surface area contributed by atoms with E-state index in [2.05, 4.69) is 17.0 Å². The molecule has 0 saturated carbocycles. The van der Waals surface area contributed by atoms with E-state index in [1.165, 1.54) is 0 Å². The van der Waals surface area contributed by atoms with Crippen LogP contribution in [0.3, 0.4) is 0 Å². The number of nitrogens with two attached hydrogens (primary N) is 1. The maximum atomic E-state index is 5.68. The van der Waals surface area contributed by atoms with Gasteiger partial charge in [-0.05, 0) is 12.5 Å². The van der Waals surface area contributed by atoms with Crippen molar-refractivity contribution in [2.45, 2.75) is 19.9 Å². The molecule has 0 atom stereocenters. The molecule has 6 heteroatoms. The monoisotopic (exact) mass is 262 g/mol. The summed E-state index contributed by atoms with van der Waals surface area (Å²) in [6.07, 6.45) is 7.73. The van der Waals surface area contributed by atoms with E-state index < -0.39 is 0 Å². The molecule has 0 aliphatic carbocycles. The quantitative estimate of drug-likeness (QED) is 0.836. The molecule has 0 fully saturated rings. The molecule has 18 heavy (non-hydrogen) atoms. The van der Waals surface area contributed by atoms with Gasteiger partial charge in [0.2, 0.25) is 0 Å². The SMILES string of the molecule is CCCn1cc(Oc2cnccc2C(N)=S)cn1. The Balaban J connectivity index is 2.20. The highest BCUT2D eigenvalue weighted by Gasteiger charge is 2.08.